The number of carbonyl (C=O) groups is 2. The van der Waals surface area contributed by atoms with Crippen LogP contribution in [-0.2, 0) is 32.8 Å². The lowest BCUT2D eigenvalue weighted by Gasteiger charge is -2.35. The highest BCUT2D eigenvalue weighted by atomic mass is 35.5. The Morgan fingerprint density at radius 3 is 2.10 bits per heavy atom. The molecule has 1 aliphatic carbocycles. The maximum Gasteiger partial charge on any atom is 0.304 e. The summed E-state index contributed by atoms with van der Waals surface area (Å²) in [6, 6.07) is 22.1. The zero-order valence-corrected chi connectivity index (χ0v) is 26.1. The Morgan fingerprint density at radius 2 is 1.50 bits per heavy atom. The molecule has 1 fully saturated rings. The van der Waals surface area contributed by atoms with Crippen molar-refractivity contribution >= 4 is 50.9 Å². The van der Waals surface area contributed by atoms with Crippen molar-refractivity contribution in [2.75, 3.05) is 24.9 Å². The molecule has 0 unspecified atom stereocenters. The van der Waals surface area contributed by atoms with Crippen LogP contribution in [0.4, 0.5) is 5.69 Å². The van der Waals surface area contributed by atoms with E-state index in [1.165, 1.54) is 19.0 Å². The highest BCUT2D eigenvalue weighted by Crippen LogP contribution is 2.26. The van der Waals surface area contributed by atoms with Crippen LogP contribution in [0.1, 0.15) is 36.8 Å². The van der Waals surface area contributed by atoms with E-state index in [-0.39, 0.29) is 24.9 Å². The Bertz CT molecular complexity index is 1470. The highest BCUT2D eigenvalue weighted by Gasteiger charge is 2.35. The molecule has 1 aliphatic rings. The van der Waals surface area contributed by atoms with Crippen molar-refractivity contribution in [1.29, 1.82) is 0 Å². The largest absolute Gasteiger partial charge is 0.352 e. The van der Waals surface area contributed by atoms with Crippen molar-refractivity contribution in [1.82, 2.24) is 14.5 Å². The van der Waals surface area contributed by atoms with Gasteiger partial charge in [0, 0.05) is 33.1 Å². The summed E-state index contributed by atoms with van der Waals surface area (Å²) in [6.45, 7) is -0.482. The van der Waals surface area contributed by atoms with Gasteiger partial charge in [0.2, 0.25) is 11.8 Å². The van der Waals surface area contributed by atoms with Gasteiger partial charge in [-0.25, -0.2) is 4.31 Å². The maximum atomic E-state index is 14.3. The number of halogens is 2. The fraction of sp³-hybridized carbons (Fsp3) is 0.355. The van der Waals surface area contributed by atoms with Crippen LogP contribution in [0, 0.1) is 0 Å². The minimum Gasteiger partial charge on any atom is -0.352 e. The molecule has 0 spiro atoms. The second-order valence-electron chi connectivity index (χ2n) is 10.6. The van der Waals surface area contributed by atoms with Crippen LogP contribution in [0.15, 0.2) is 78.9 Å². The van der Waals surface area contributed by atoms with Gasteiger partial charge >= 0.3 is 10.2 Å². The molecular weight excluding hydrogens is 595 g/mol. The molecule has 0 bridgehead atoms. The van der Waals surface area contributed by atoms with Gasteiger partial charge in [-0.05, 0) is 48.2 Å². The first kappa shape index (κ1) is 31.8. The summed E-state index contributed by atoms with van der Waals surface area (Å²) in [6.07, 6.45) is 4.09. The van der Waals surface area contributed by atoms with Crippen LogP contribution >= 0.6 is 23.2 Å². The molecule has 8 nitrogen and oxygen atoms in total. The average molecular weight is 632 g/mol. The fourth-order valence-electron chi connectivity index (χ4n) is 5.07. The molecule has 42 heavy (non-hydrogen) atoms. The summed E-state index contributed by atoms with van der Waals surface area (Å²) in [7, 11) is -1.22. The Balaban J connectivity index is 1.75. The monoisotopic (exact) mass is 630 g/mol. The number of hydrogen-bond acceptors (Lipinski definition) is 4. The van der Waals surface area contributed by atoms with Crippen LogP contribution in [0.2, 0.25) is 10.0 Å². The minimum atomic E-state index is -4.05. The standard InChI is InChI=1S/C31H36Cl2N4O4S/c1-35(2)42(40,41)37(26-15-7-4-8-16-26)22-30(38)36(21-24-17-18-27(32)28(33)19-24)29(20-23-11-5-3-6-12-23)31(39)34-25-13-9-10-14-25/h3-8,11-12,15-19,25,29H,9-10,13-14,20-22H2,1-2H3,(H,34,39)/t29-/m1/s1. The molecular formula is C31H36Cl2N4O4S. The predicted octanol–water partition coefficient (Wildman–Crippen LogP) is 5.31. The van der Waals surface area contributed by atoms with Crippen LogP contribution in [0.3, 0.4) is 0 Å². The van der Waals surface area contributed by atoms with Crippen molar-refractivity contribution in [2.45, 2.75) is 50.7 Å². The molecule has 0 heterocycles. The number of nitrogens with one attached hydrogen (secondary N) is 1. The number of anilines is 1. The lowest BCUT2D eigenvalue weighted by Crippen LogP contribution is -2.55. The molecule has 11 heteroatoms. The molecule has 3 aromatic carbocycles. The first-order valence-electron chi connectivity index (χ1n) is 13.9. The average Bonchev–Trinajstić information content (AvgIpc) is 3.49. The van der Waals surface area contributed by atoms with Crippen LogP contribution in [0.25, 0.3) is 0 Å². The Labute approximate surface area is 258 Å². The third kappa shape index (κ3) is 8.04. The Hall–Kier alpha value is -3.11. The summed E-state index contributed by atoms with van der Waals surface area (Å²) in [4.78, 5) is 29.7. The van der Waals surface area contributed by atoms with Crippen molar-refractivity contribution in [3.05, 3.63) is 100 Å². The Kier molecular flexibility index (Phi) is 10.9. The quantitative estimate of drug-likeness (QED) is 0.294. The topological polar surface area (TPSA) is 90.0 Å². The van der Waals surface area contributed by atoms with E-state index in [1.54, 1.807) is 48.5 Å². The number of carbonyl (C=O) groups excluding carboxylic acids is 2. The SMILES string of the molecule is CN(C)S(=O)(=O)N(CC(=O)N(Cc1ccc(Cl)c(Cl)c1)[C@H](Cc1ccccc1)C(=O)NC1CCCC1)c1ccccc1. The van der Waals surface area contributed by atoms with Gasteiger partial charge in [0.15, 0.2) is 0 Å². The first-order valence-corrected chi connectivity index (χ1v) is 16.0. The van der Waals surface area contributed by atoms with E-state index >= 15 is 0 Å². The number of rotatable bonds is 12. The molecule has 1 atom stereocenters. The summed E-state index contributed by atoms with van der Waals surface area (Å²) in [5.74, 6) is -0.807. The molecule has 3 aromatic rings. The number of amides is 2. The van der Waals surface area contributed by atoms with E-state index < -0.39 is 28.7 Å². The van der Waals surface area contributed by atoms with Crippen molar-refractivity contribution in [3.8, 4) is 0 Å². The molecule has 4 rings (SSSR count). The van der Waals surface area contributed by atoms with E-state index in [4.69, 9.17) is 23.2 Å². The zero-order chi connectivity index (χ0) is 30.3. The molecule has 0 aliphatic heterocycles. The van der Waals surface area contributed by atoms with Crippen LogP contribution in [-0.4, -0.2) is 62.2 Å². The van der Waals surface area contributed by atoms with E-state index in [0.717, 1.165) is 39.9 Å². The zero-order valence-electron chi connectivity index (χ0n) is 23.7. The van der Waals surface area contributed by atoms with Gasteiger partial charge in [0.1, 0.15) is 12.6 Å². The van der Waals surface area contributed by atoms with E-state index in [2.05, 4.69) is 5.32 Å². The highest BCUT2D eigenvalue weighted by molar-refractivity contribution is 7.90. The van der Waals surface area contributed by atoms with Gasteiger partial charge < -0.3 is 10.2 Å². The normalized spacial score (nSPS) is 14.5. The van der Waals surface area contributed by atoms with Gasteiger partial charge in [0.05, 0.1) is 15.7 Å². The van der Waals surface area contributed by atoms with Crippen LogP contribution < -0.4 is 9.62 Å². The Morgan fingerprint density at radius 1 is 0.881 bits per heavy atom. The summed E-state index contributed by atoms with van der Waals surface area (Å²) >= 11 is 12.5. The van der Waals surface area contributed by atoms with E-state index in [9.17, 15) is 18.0 Å². The molecule has 0 saturated heterocycles. The summed E-state index contributed by atoms with van der Waals surface area (Å²) < 4.78 is 29.0. The van der Waals surface area contributed by atoms with Crippen molar-refractivity contribution in [3.63, 3.8) is 0 Å². The smallest absolute Gasteiger partial charge is 0.304 e. The second-order valence-corrected chi connectivity index (χ2v) is 13.5. The van der Waals surface area contributed by atoms with Gasteiger partial charge in [0.25, 0.3) is 0 Å². The lowest BCUT2D eigenvalue weighted by atomic mass is 10.0. The summed E-state index contributed by atoms with van der Waals surface area (Å²) in [5, 5.41) is 3.84. The molecule has 1 N–H and O–H groups in total. The lowest BCUT2D eigenvalue weighted by molar-refractivity contribution is -0.140. The van der Waals surface area contributed by atoms with Crippen LogP contribution in [0.5, 0.6) is 0 Å². The predicted molar refractivity (Wildman–Crippen MR) is 168 cm³/mol. The van der Waals surface area contributed by atoms with E-state index in [1.807, 2.05) is 30.3 Å². The molecule has 0 aromatic heterocycles. The van der Waals surface area contributed by atoms with Gasteiger partial charge in [-0.3, -0.25) is 9.59 Å². The van der Waals surface area contributed by atoms with Crippen molar-refractivity contribution < 1.29 is 18.0 Å². The molecule has 1 saturated carbocycles. The third-order valence-electron chi connectivity index (χ3n) is 7.37. The number of para-hydroxylation sites is 1. The minimum absolute atomic E-state index is 0.0238. The number of nitrogens with zero attached hydrogens (tertiary/aromatic N) is 3. The fourth-order valence-corrected chi connectivity index (χ4v) is 6.44. The third-order valence-corrected chi connectivity index (χ3v) is 9.93. The summed E-state index contributed by atoms with van der Waals surface area (Å²) in [5.41, 5.74) is 1.87. The molecule has 0 radical (unpaired) electrons. The molecule has 224 valence electrons. The van der Waals surface area contributed by atoms with Gasteiger partial charge in [-0.2, -0.15) is 12.7 Å². The van der Waals surface area contributed by atoms with Gasteiger partial charge in [-0.1, -0.05) is 90.6 Å². The molecule has 2 amide bonds. The van der Waals surface area contributed by atoms with Crippen molar-refractivity contribution in [2.24, 2.45) is 0 Å². The maximum absolute atomic E-state index is 14.3. The second kappa shape index (κ2) is 14.4. The van der Waals surface area contributed by atoms with E-state index in [0.29, 0.717) is 21.3 Å². The number of hydrogen-bond donors (Lipinski definition) is 1. The number of benzene rings is 3. The van der Waals surface area contributed by atoms with Gasteiger partial charge in [-0.15, -0.1) is 0 Å². The first-order chi connectivity index (χ1) is 20.1.